The Morgan fingerprint density at radius 3 is 3.12 bits per heavy atom. The maximum Gasteiger partial charge on any atom is 0.307 e. The molecule has 5 heteroatoms. The third-order valence-electron chi connectivity index (χ3n) is 1.89. The number of thiophene rings is 1. The molecule has 1 aromatic rings. The molecule has 1 rings (SSSR count). The number of nitrogens with one attached hydrogen (secondary N) is 1. The van der Waals surface area contributed by atoms with Gasteiger partial charge in [-0.15, -0.1) is 11.3 Å². The average Bonchev–Trinajstić information content (AvgIpc) is 2.73. The molecule has 0 fully saturated rings. The molecule has 1 aromatic heterocycles. The molecular weight excluding hydrogens is 224 g/mol. The van der Waals surface area contributed by atoms with Crippen LogP contribution in [-0.2, 0) is 16.1 Å². The number of esters is 1. The van der Waals surface area contributed by atoms with Crippen LogP contribution in [0.15, 0.2) is 11.4 Å². The molecule has 0 amide bonds. The number of ether oxygens (including phenoxy) is 1. The van der Waals surface area contributed by atoms with Crippen LogP contribution in [0.1, 0.15) is 23.8 Å². The number of carbonyl (C=O) groups excluding carboxylic acids is 1. The van der Waals surface area contributed by atoms with E-state index in [1.807, 2.05) is 11.4 Å². The number of hydrogen-bond acceptors (Lipinski definition) is 5. The van der Waals surface area contributed by atoms with Crippen LogP contribution in [0.25, 0.3) is 0 Å². The van der Waals surface area contributed by atoms with Crippen LogP contribution in [0, 0.1) is 11.3 Å². The van der Waals surface area contributed by atoms with Crippen molar-refractivity contribution >= 4 is 17.3 Å². The zero-order valence-corrected chi connectivity index (χ0v) is 9.97. The van der Waals surface area contributed by atoms with Gasteiger partial charge in [0.2, 0.25) is 0 Å². The van der Waals surface area contributed by atoms with Crippen LogP contribution in [0.3, 0.4) is 0 Å². The maximum atomic E-state index is 11.0. The topological polar surface area (TPSA) is 62.1 Å². The van der Waals surface area contributed by atoms with Gasteiger partial charge in [-0.05, 0) is 13.0 Å². The first-order valence-corrected chi connectivity index (χ1v) is 5.98. The summed E-state index contributed by atoms with van der Waals surface area (Å²) in [5, 5.41) is 13.6. The summed E-state index contributed by atoms with van der Waals surface area (Å²) in [5.41, 5.74) is 0.687. The summed E-state index contributed by atoms with van der Waals surface area (Å²) in [6, 6.07) is 3.93. The van der Waals surface area contributed by atoms with E-state index in [-0.39, 0.29) is 5.97 Å². The molecule has 86 valence electrons. The summed E-state index contributed by atoms with van der Waals surface area (Å²) in [4.78, 5) is 12.1. The van der Waals surface area contributed by atoms with Gasteiger partial charge in [0.1, 0.15) is 6.07 Å². The first-order chi connectivity index (χ1) is 7.76. The third-order valence-corrected chi connectivity index (χ3v) is 2.83. The zero-order valence-electron chi connectivity index (χ0n) is 9.16. The minimum absolute atomic E-state index is 0.182. The second-order valence-electron chi connectivity index (χ2n) is 3.15. The average molecular weight is 238 g/mol. The zero-order chi connectivity index (χ0) is 11.8. The second kappa shape index (κ2) is 6.99. The number of nitrogens with zero attached hydrogens (tertiary/aromatic N) is 1. The lowest BCUT2D eigenvalue weighted by atomic mass is 10.3. The lowest BCUT2D eigenvalue weighted by Gasteiger charge is -2.02. The Morgan fingerprint density at radius 2 is 2.50 bits per heavy atom. The van der Waals surface area contributed by atoms with Crippen molar-refractivity contribution in [3.63, 3.8) is 0 Å². The molecule has 0 atom stereocenters. The number of hydrogen-bond donors (Lipinski definition) is 1. The summed E-state index contributed by atoms with van der Waals surface area (Å²) >= 11 is 1.54. The Kier molecular flexibility index (Phi) is 5.54. The fraction of sp³-hybridized carbons (Fsp3) is 0.455. The normalized spacial score (nSPS) is 9.75. The second-order valence-corrected chi connectivity index (χ2v) is 4.14. The highest BCUT2D eigenvalue weighted by Gasteiger charge is 2.02. The first-order valence-electron chi connectivity index (χ1n) is 5.10. The highest BCUT2D eigenvalue weighted by molar-refractivity contribution is 7.10. The SMILES string of the molecule is CCOC(=O)CCNCc1cc(C#N)cs1. The molecule has 0 unspecified atom stereocenters. The van der Waals surface area contributed by atoms with Gasteiger partial charge in [0.05, 0.1) is 18.6 Å². The van der Waals surface area contributed by atoms with Crippen molar-refractivity contribution in [2.45, 2.75) is 19.9 Å². The highest BCUT2D eigenvalue weighted by atomic mass is 32.1. The Hall–Kier alpha value is -1.38. The molecule has 0 aliphatic heterocycles. The van der Waals surface area contributed by atoms with Gasteiger partial charge in [-0.3, -0.25) is 4.79 Å². The lowest BCUT2D eigenvalue weighted by molar-refractivity contribution is -0.142. The van der Waals surface area contributed by atoms with E-state index in [2.05, 4.69) is 11.4 Å². The minimum Gasteiger partial charge on any atom is -0.466 e. The van der Waals surface area contributed by atoms with Gasteiger partial charge < -0.3 is 10.1 Å². The van der Waals surface area contributed by atoms with Crippen LogP contribution in [0.4, 0.5) is 0 Å². The lowest BCUT2D eigenvalue weighted by Crippen LogP contribution is -2.18. The summed E-state index contributed by atoms with van der Waals surface area (Å²) in [6.07, 6.45) is 0.379. The van der Waals surface area contributed by atoms with Crippen molar-refractivity contribution < 1.29 is 9.53 Å². The predicted octanol–water partition coefficient (Wildman–Crippen LogP) is 1.66. The monoisotopic (exact) mass is 238 g/mol. The van der Waals surface area contributed by atoms with Crippen LogP contribution >= 0.6 is 11.3 Å². The summed E-state index contributed by atoms with van der Waals surface area (Å²) in [7, 11) is 0. The van der Waals surface area contributed by atoms with Crippen LogP contribution in [-0.4, -0.2) is 19.1 Å². The molecule has 0 spiro atoms. The molecule has 0 aliphatic rings. The van der Waals surface area contributed by atoms with E-state index in [9.17, 15) is 4.79 Å². The molecule has 0 saturated carbocycles. The van der Waals surface area contributed by atoms with E-state index in [1.54, 1.807) is 18.3 Å². The molecule has 16 heavy (non-hydrogen) atoms. The van der Waals surface area contributed by atoms with Gasteiger partial charge in [-0.2, -0.15) is 5.26 Å². The Bertz CT molecular complexity index is 382. The van der Waals surface area contributed by atoms with Gasteiger partial charge in [0.25, 0.3) is 0 Å². The van der Waals surface area contributed by atoms with Crippen molar-refractivity contribution in [3.8, 4) is 6.07 Å². The van der Waals surface area contributed by atoms with Gasteiger partial charge in [-0.25, -0.2) is 0 Å². The first kappa shape index (κ1) is 12.7. The van der Waals surface area contributed by atoms with E-state index in [4.69, 9.17) is 10.00 Å². The fourth-order valence-electron chi connectivity index (χ4n) is 1.17. The van der Waals surface area contributed by atoms with Crippen LogP contribution < -0.4 is 5.32 Å². The van der Waals surface area contributed by atoms with Crippen molar-refractivity contribution in [2.75, 3.05) is 13.2 Å². The van der Waals surface area contributed by atoms with Gasteiger partial charge in [0, 0.05) is 23.3 Å². The smallest absolute Gasteiger partial charge is 0.307 e. The van der Waals surface area contributed by atoms with Crippen molar-refractivity contribution in [1.82, 2.24) is 5.32 Å². The van der Waals surface area contributed by atoms with E-state index in [0.29, 0.717) is 31.7 Å². The Balaban J connectivity index is 2.16. The number of carbonyl (C=O) groups is 1. The fourth-order valence-corrected chi connectivity index (χ4v) is 1.95. The summed E-state index contributed by atoms with van der Waals surface area (Å²) < 4.78 is 4.80. The van der Waals surface area contributed by atoms with Crippen molar-refractivity contribution in [1.29, 1.82) is 5.26 Å². The third kappa shape index (κ3) is 4.43. The quantitative estimate of drug-likeness (QED) is 0.605. The van der Waals surface area contributed by atoms with Gasteiger partial charge >= 0.3 is 5.97 Å². The van der Waals surface area contributed by atoms with E-state index >= 15 is 0 Å². The molecule has 1 N–H and O–H groups in total. The molecule has 0 bridgehead atoms. The highest BCUT2D eigenvalue weighted by Crippen LogP contribution is 2.13. The molecule has 0 saturated heterocycles. The maximum absolute atomic E-state index is 11.0. The number of nitriles is 1. The molecule has 4 nitrogen and oxygen atoms in total. The van der Waals surface area contributed by atoms with Gasteiger partial charge in [-0.1, -0.05) is 0 Å². The predicted molar refractivity (Wildman–Crippen MR) is 62.0 cm³/mol. The van der Waals surface area contributed by atoms with Crippen molar-refractivity contribution in [2.24, 2.45) is 0 Å². The molecular formula is C11H14N2O2S. The minimum atomic E-state index is -0.182. The van der Waals surface area contributed by atoms with E-state index in [1.165, 1.54) is 0 Å². The molecule has 1 heterocycles. The molecule has 0 aromatic carbocycles. The molecule has 0 radical (unpaired) electrons. The number of rotatable bonds is 6. The largest absolute Gasteiger partial charge is 0.466 e. The van der Waals surface area contributed by atoms with Crippen molar-refractivity contribution in [3.05, 3.63) is 21.9 Å². The van der Waals surface area contributed by atoms with Crippen LogP contribution in [0.5, 0.6) is 0 Å². The van der Waals surface area contributed by atoms with E-state index < -0.39 is 0 Å². The standard InChI is InChI=1S/C11H14N2O2S/c1-2-15-11(14)3-4-13-7-10-5-9(6-12)8-16-10/h5,8,13H,2-4,7H2,1H3. The van der Waals surface area contributed by atoms with E-state index in [0.717, 1.165) is 4.88 Å². The Labute approximate surface area is 98.8 Å². The summed E-state index contributed by atoms with van der Waals surface area (Å²) in [5.74, 6) is -0.182. The van der Waals surface area contributed by atoms with Gasteiger partial charge in [0.15, 0.2) is 0 Å². The van der Waals surface area contributed by atoms with Crippen LogP contribution in [0.2, 0.25) is 0 Å². The molecule has 0 aliphatic carbocycles. The Morgan fingerprint density at radius 1 is 1.69 bits per heavy atom. The summed E-state index contributed by atoms with van der Waals surface area (Å²) in [6.45, 7) is 3.50.